The van der Waals surface area contributed by atoms with Crippen LogP contribution in [0.4, 0.5) is 14.5 Å². The Labute approximate surface area is 149 Å². The third kappa shape index (κ3) is 3.42. The lowest BCUT2D eigenvalue weighted by Gasteiger charge is -2.13. The van der Waals surface area contributed by atoms with Gasteiger partial charge in [-0.25, -0.2) is 8.78 Å². The smallest absolute Gasteiger partial charge is 0.273 e. The molecule has 3 rings (SSSR count). The number of ether oxygens (including phenoxy) is 1. The third-order valence-corrected chi connectivity index (χ3v) is 4.01. The van der Waals surface area contributed by atoms with Crippen LogP contribution < -0.4 is 10.1 Å². The van der Waals surface area contributed by atoms with Gasteiger partial charge >= 0.3 is 0 Å². The molecule has 2 aromatic carbocycles. The van der Waals surface area contributed by atoms with Gasteiger partial charge in [0, 0.05) is 17.8 Å². The molecule has 1 aromatic heterocycles. The van der Waals surface area contributed by atoms with Gasteiger partial charge in [-0.2, -0.15) is 5.10 Å². The Bertz CT molecular complexity index is 940. The maximum Gasteiger partial charge on any atom is 0.273 e. The highest BCUT2D eigenvalue weighted by molar-refractivity contribution is 6.03. The van der Waals surface area contributed by atoms with Crippen molar-refractivity contribution in [2.45, 2.75) is 13.3 Å². The van der Waals surface area contributed by atoms with E-state index in [0.29, 0.717) is 23.3 Å². The minimum atomic E-state index is -0.543. The molecule has 0 radical (unpaired) electrons. The third-order valence-electron chi connectivity index (χ3n) is 4.01. The number of hydrogen-bond acceptors (Lipinski definition) is 3. The molecule has 3 aromatic rings. The summed E-state index contributed by atoms with van der Waals surface area (Å²) in [6.45, 7) is 1.78. The monoisotopic (exact) mass is 357 g/mol. The maximum atomic E-state index is 14.6. The van der Waals surface area contributed by atoms with E-state index in [1.54, 1.807) is 25.1 Å². The van der Waals surface area contributed by atoms with Crippen molar-refractivity contribution >= 4 is 11.6 Å². The van der Waals surface area contributed by atoms with E-state index in [4.69, 9.17) is 4.74 Å². The number of aryl methyl sites for hydroxylation is 1. The number of hydrogen-bond donors (Lipinski definition) is 2. The Morgan fingerprint density at radius 3 is 2.65 bits per heavy atom. The number of anilines is 1. The molecule has 0 saturated carbocycles. The number of aromatic nitrogens is 2. The second kappa shape index (κ2) is 7.35. The first kappa shape index (κ1) is 17.6. The van der Waals surface area contributed by atoms with Crippen molar-refractivity contribution in [2.24, 2.45) is 0 Å². The molecule has 0 aliphatic carbocycles. The van der Waals surface area contributed by atoms with E-state index in [1.807, 2.05) is 0 Å². The molecule has 0 spiro atoms. The van der Waals surface area contributed by atoms with Gasteiger partial charge in [0.15, 0.2) is 0 Å². The lowest BCUT2D eigenvalue weighted by Crippen LogP contribution is -2.14. The van der Waals surface area contributed by atoms with E-state index in [-0.39, 0.29) is 16.9 Å². The molecule has 0 fully saturated rings. The van der Waals surface area contributed by atoms with Gasteiger partial charge in [-0.1, -0.05) is 6.92 Å². The molecule has 0 bridgehead atoms. The molecule has 5 nitrogen and oxygen atoms in total. The van der Waals surface area contributed by atoms with Crippen LogP contribution >= 0.6 is 0 Å². The number of halogens is 2. The summed E-state index contributed by atoms with van der Waals surface area (Å²) in [5.74, 6) is -1.19. The molecule has 1 amide bonds. The largest absolute Gasteiger partial charge is 0.497 e. The Kier molecular flexibility index (Phi) is 4.97. The molecule has 26 heavy (non-hydrogen) atoms. The van der Waals surface area contributed by atoms with Crippen molar-refractivity contribution < 1.29 is 18.3 Å². The van der Waals surface area contributed by atoms with Gasteiger partial charge in [0.25, 0.3) is 5.91 Å². The van der Waals surface area contributed by atoms with Crippen LogP contribution in [0.25, 0.3) is 11.1 Å². The fraction of sp³-hybridized carbons (Fsp3) is 0.158. The van der Waals surface area contributed by atoms with Crippen LogP contribution in [-0.2, 0) is 6.42 Å². The Morgan fingerprint density at radius 1 is 1.23 bits per heavy atom. The molecule has 0 aliphatic heterocycles. The van der Waals surface area contributed by atoms with Crippen molar-refractivity contribution in [1.82, 2.24) is 10.2 Å². The number of carbonyl (C=O) groups is 1. The molecule has 2 N–H and O–H groups in total. The van der Waals surface area contributed by atoms with E-state index in [0.717, 1.165) is 0 Å². The summed E-state index contributed by atoms with van der Waals surface area (Å²) in [5, 5.41) is 8.72. The maximum absolute atomic E-state index is 14.6. The second-order valence-electron chi connectivity index (χ2n) is 5.62. The molecule has 0 unspecified atom stereocenters. The van der Waals surface area contributed by atoms with Gasteiger partial charge in [0.2, 0.25) is 0 Å². The van der Waals surface area contributed by atoms with Crippen LogP contribution in [0.3, 0.4) is 0 Å². The number of benzene rings is 2. The van der Waals surface area contributed by atoms with Crippen LogP contribution in [0.2, 0.25) is 0 Å². The summed E-state index contributed by atoms with van der Waals surface area (Å²) in [4.78, 5) is 12.2. The zero-order valence-corrected chi connectivity index (χ0v) is 14.3. The van der Waals surface area contributed by atoms with E-state index >= 15 is 0 Å². The van der Waals surface area contributed by atoms with E-state index in [9.17, 15) is 13.6 Å². The summed E-state index contributed by atoms with van der Waals surface area (Å²) in [5.41, 5.74) is 1.30. The highest BCUT2D eigenvalue weighted by atomic mass is 19.1. The summed E-state index contributed by atoms with van der Waals surface area (Å²) >= 11 is 0. The predicted octanol–water partition coefficient (Wildman–Crippen LogP) is 4.18. The summed E-state index contributed by atoms with van der Waals surface area (Å²) in [6.07, 6.45) is 1.82. The first-order valence-electron chi connectivity index (χ1n) is 8.00. The van der Waals surface area contributed by atoms with Gasteiger partial charge in [-0.05, 0) is 47.9 Å². The van der Waals surface area contributed by atoms with Crippen LogP contribution in [0, 0.1) is 11.6 Å². The molecule has 1 heterocycles. The second-order valence-corrected chi connectivity index (χ2v) is 5.62. The quantitative estimate of drug-likeness (QED) is 0.720. The van der Waals surface area contributed by atoms with Gasteiger partial charge in [-0.3, -0.25) is 9.89 Å². The molecule has 0 atom stereocenters. The predicted molar refractivity (Wildman–Crippen MR) is 94.3 cm³/mol. The molecular weight excluding hydrogens is 340 g/mol. The summed E-state index contributed by atoms with van der Waals surface area (Å²) < 4.78 is 34.0. The highest BCUT2D eigenvalue weighted by Gasteiger charge is 2.16. The van der Waals surface area contributed by atoms with E-state index < -0.39 is 17.5 Å². The van der Waals surface area contributed by atoms with Crippen LogP contribution in [-0.4, -0.2) is 23.2 Å². The van der Waals surface area contributed by atoms with Crippen LogP contribution in [0.5, 0.6) is 5.75 Å². The van der Waals surface area contributed by atoms with Crippen LogP contribution in [0.15, 0.2) is 42.6 Å². The standard InChI is InChI=1S/C19H17F2N3O2/c1-3-11-8-12(14-5-4-13(26-2)10-15(14)20)9-17(18(11)21)23-19(25)16-6-7-22-24-16/h4-10H,3H2,1-2H3,(H,22,24)(H,23,25). The van der Waals surface area contributed by atoms with Crippen molar-refractivity contribution in [1.29, 1.82) is 0 Å². The first-order chi connectivity index (χ1) is 12.5. The number of amides is 1. The molecular formula is C19H17F2N3O2. The van der Waals surface area contributed by atoms with Crippen molar-refractivity contribution in [3.63, 3.8) is 0 Å². The number of rotatable bonds is 5. The average Bonchev–Trinajstić information content (AvgIpc) is 3.18. The van der Waals surface area contributed by atoms with Crippen molar-refractivity contribution in [2.75, 3.05) is 12.4 Å². The zero-order chi connectivity index (χ0) is 18.7. The molecule has 0 aliphatic rings. The molecule has 7 heteroatoms. The lowest BCUT2D eigenvalue weighted by atomic mass is 9.99. The Balaban J connectivity index is 2.03. The van der Waals surface area contributed by atoms with E-state index in [1.165, 1.54) is 31.5 Å². The van der Waals surface area contributed by atoms with Gasteiger partial charge in [0.05, 0.1) is 12.8 Å². The fourth-order valence-corrected chi connectivity index (χ4v) is 2.62. The lowest BCUT2D eigenvalue weighted by molar-refractivity contribution is 0.102. The van der Waals surface area contributed by atoms with Crippen LogP contribution in [0.1, 0.15) is 23.0 Å². The number of carbonyl (C=O) groups excluding carboxylic acids is 1. The summed E-state index contributed by atoms with van der Waals surface area (Å²) in [7, 11) is 1.45. The summed E-state index contributed by atoms with van der Waals surface area (Å²) in [6, 6.07) is 8.89. The minimum absolute atomic E-state index is 0.0193. The SMILES string of the molecule is CCc1cc(-c2ccc(OC)cc2F)cc(NC(=O)c2ccn[nH]2)c1F. The molecule has 134 valence electrons. The topological polar surface area (TPSA) is 67.0 Å². The highest BCUT2D eigenvalue weighted by Crippen LogP contribution is 2.31. The van der Waals surface area contributed by atoms with Crippen molar-refractivity contribution in [3.05, 3.63) is 65.5 Å². The van der Waals surface area contributed by atoms with Gasteiger partial charge in [0.1, 0.15) is 23.1 Å². The van der Waals surface area contributed by atoms with Gasteiger partial charge < -0.3 is 10.1 Å². The molecule has 0 saturated heterocycles. The number of H-pyrrole nitrogens is 1. The average molecular weight is 357 g/mol. The van der Waals surface area contributed by atoms with E-state index in [2.05, 4.69) is 15.5 Å². The number of nitrogens with zero attached hydrogens (tertiary/aromatic N) is 1. The first-order valence-corrected chi connectivity index (χ1v) is 8.00. The fourth-order valence-electron chi connectivity index (χ4n) is 2.62. The van der Waals surface area contributed by atoms with Crippen molar-refractivity contribution in [3.8, 4) is 16.9 Å². The Morgan fingerprint density at radius 2 is 2.04 bits per heavy atom. The number of nitrogens with one attached hydrogen (secondary N) is 2. The Hall–Kier alpha value is -3.22. The minimum Gasteiger partial charge on any atom is -0.497 e. The zero-order valence-electron chi connectivity index (χ0n) is 14.3. The van der Waals surface area contributed by atoms with Gasteiger partial charge in [-0.15, -0.1) is 0 Å². The normalized spacial score (nSPS) is 10.6. The number of methoxy groups -OCH3 is 1. The number of aromatic amines is 1.